The molecule has 0 unspecified atom stereocenters. The predicted octanol–water partition coefficient (Wildman–Crippen LogP) is 6.45. The van der Waals surface area contributed by atoms with Crippen LogP contribution in [0.15, 0.2) is 54.6 Å². The molecular weight excluding hydrogens is 464 g/mol. The summed E-state index contributed by atoms with van der Waals surface area (Å²) in [5.41, 5.74) is 2.00. The van der Waals surface area contributed by atoms with Crippen molar-refractivity contribution < 1.29 is 36.9 Å². The Labute approximate surface area is 199 Å². The van der Waals surface area contributed by atoms with Crippen molar-refractivity contribution in [3.05, 3.63) is 93.8 Å². The highest BCUT2D eigenvalue weighted by atomic mass is 19.4. The van der Waals surface area contributed by atoms with E-state index in [1.54, 1.807) is 24.3 Å². The molecule has 2 aliphatic rings. The van der Waals surface area contributed by atoms with Gasteiger partial charge in [0, 0.05) is 17.5 Å². The molecule has 1 heterocycles. The fourth-order valence-corrected chi connectivity index (χ4v) is 5.05. The van der Waals surface area contributed by atoms with E-state index in [0.717, 1.165) is 11.6 Å². The maximum absolute atomic E-state index is 13.8. The molecule has 5 rings (SSSR count). The van der Waals surface area contributed by atoms with Gasteiger partial charge in [-0.15, -0.1) is 0 Å². The van der Waals surface area contributed by atoms with Gasteiger partial charge in [0.2, 0.25) is 0 Å². The van der Waals surface area contributed by atoms with Crippen LogP contribution in [0.3, 0.4) is 0 Å². The van der Waals surface area contributed by atoms with Gasteiger partial charge in [-0.25, -0.2) is 4.39 Å². The highest BCUT2D eigenvalue weighted by Crippen LogP contribution is 2.44. The first-order valence-corrected chi connectivity index (χ1v) is 11.3. The quantitative estimate of drug-likeness (QED) is 0.407. The number of rotatable bonds is 6. The average molecular weight is 486 g/mol. The molecule has 0 aromatic heterocycles. The molecule has 35 heavy (non-hydrogen) atoms. The number of hydrogen-bond donors (Lipinski definition) is 1. The normalized spacial score (nSPS) is 18.6. The van der Waals surface area contributed by atoms with Crippen molar-refractivity contribution in [2.45, 2.75) is 43.9 Å². The molecule has 0 amide bonds. The van der Waals surface area contributed by atoms with Crippen LogP contribution in [0.1, 0.15) is 58.2 Å². The van der Waals surface area contributed by atoms with Crippen molar-refractivity contribution in [2.75, 3.05) is 6.61 Å². The number of fused-ring (bicyclic) bond motifs is 2. The van der Waals surface area contributed by atoms with Crippen LogP contribution in [0.25, 0.3) is 0 Å². The van der Waals surface area contributed by atoms with Crippen LogP contribution in [0.4, 0.5) is 17.6 Å². The second kappa shape index (κ2) is 8.91. The van der Waals surface area contributed by atoms with E-state index in [1.165, 1.54) is 24.3 Å². The number of hydrogen-bond acceptors (Lipinski definition) is 3. The Morgan fingerprint density at radius 1 is 1.09 bits per heavy atom. The van der Waals surface area contributed by atoms with Gasteiger partial charge in [0.25, 0.3) is 0 Å². The molecule has 3 aromatic carbocycles. The van der Waals surface area contributed by atoms with Crippen molar-refractivity contribution in [1.29, 1.82) is 0 Å². The van der Waals surface area contributed by atoms with Gasteiger partial charge in [-0.1, -0.05) is 24.3 Å². The smallest absolute Gasteiger partial charge is 0.416 e. The molecular formula is C27H22F4O4. The summed E-state index contributed by atoms with van der Waals surface area (Å²) in [5.74, 6) is -0.554. The second-order valence-electron chi connectivity index (χ2n) is 8.91. The third kappa shape index (κ3) is 4.70. The number of aliphatic carboxylic acids is 1. The highest BCUT2D eigenvalue weighted by Gasteiger charge is 2.37. The molecule has 1 aliphatic heterocycles. The van der Waals surface area contributed by atoms with Gasteiger partial charge in [-0.2, -0.15) is 13.2 Å². The minimum Gasteiger partial charge on any atom is -0.492 e. The number of carbonyl (C=O) groups is 1. The topological polar surface area (TPSA) is 55.8 Å². The number of alkyl halides is 3. The van der Waals surface area contributed by atoms with E-state index in [1.807, 2.05) is 0 Å². The van der Waals surface area contributed by atoms with Crippen LogP contribution in [0.2, 0.25) is 0 Å². The Morgan fingerprint density at radius 2 is 1.89 bits per heavy atom. The second-order valence-corrected chi connectivity index (χ2v) is 8.91. The van der Waals surface area contributed by atoms with Crippen LogP contribution in [0.5, 0.6) is 11.5 Å². The number of halogens is 4. The molecule has 0 spiro atoms. The molecule has 8 heteroatoms. The van der Waals surface area contributed by atoms with E-state index in [2.05, 4.69) is 0 Å². The van der Waals surface area contributed by atoms with Crippen molar-refractivity contribution in [3.8, 4) is 11.5 Å². The van der Waals surface area contributed by atoms with Gasteiger partial charge in [-0.3, -0.25) is 4.79 Å². The Balaban J connectivity index is 1.43. The zero-order valence-electron chi connectivity index (χ0n) is 18.6. The lowest BCUT2D eigenvalue weighted by Crippen LogP contribution is -2.13. The monoisotopic (exact) mass is 486 g/mol. The largest absolute Gasteiger partial charge is 0.492 e. The lowest BCUT2D eigenvalue weighted by Gasteiger charge is -2.20. The Morgan fingerprint density at radius 3 is 2.63 bits per heavy atom. The van der Waals surface area contributed by atoms with Crippen LogP contribution in [-0.4, -0.2) is 17.7 Å². The predicted molar refractivity (Wildman–Crippen MR) is 119 cm³/mol. The van der Waals surface area contributed by atoms with E-state index in [9.17, 15) is 22.4 Å². The van der Waals surface area contributed by atoms with Crippen molar-refractivity contribution in [1.82, 2.24) is 0 Å². The molecule has 4 nitrogen and oxygen atoms in total. The molecule has 0 saturated carbocycles. The van der Waals surface area contributed by atoms with E-state index >= 15 is 0 Å². The van der Waals surface area contributed by atoms with Gasteiger partial charge in [0.05, 0.1) is 18.6 Å². The fraction of sp³-hybridized carbons (Fsp3) is 0.296. The first-order valence-electron chi connectivity index (χ1n) is 11.3. The first kappa shape index (κ1) is 23.2. The summed E-state index contributed by atoms with van der Waals surface area (Å²) in [4.78, 5) is 11.1. The molecule has 182 valence electrons. The van der Waals surface area contributed by atoms with Crippen LogP contribution in [-0.2, 0) is 23.8 Å². The lowest BCUT2D eigenvalue weighted by atomic mass is 9.92. The summed E-state index contributed by atoms with van der Waals surface area (Å²) < 4.78 is 66.9. The SMILES string of the molecule is O=C(O)C[C@@H]1COc2cc(O[C@@H]3CCc4c3ccc(C(F)(F)F)c4Cc3cccc(F)c3)ccc21. The van der Waals surface area contributed by atoms with E-state index in [4.69, 9.17) is 14.6 Å². The van der Waals surface area contributed by atoms with Crippen molar-refractivity contribution in [3.63, 3.8) is 0 Å². The summed E-state index contributed by atoms with van der Waals surface area (Å²) in [6.45, 7) is 0.279. The van der Waals surface area contributed by atoms with Crippen molar-refractivity contribution in [2.24, 2.45) is 0 Å². The van der Waals surface area contributed by atoms with E-state index < -0.39 is 29.6 Å². The summed E-state index contributed by atoms with van der Waals surface area (Å²) in [5, 5.41) is 9.07. The minimum atomic E-state index is -4.53. The molecule has 0 bridgehead atoms. The molecule has 3 aromatic rings. The van der Waals surface area contributed by atoms with Gasteiger partial charge in [0.15, 0.2) is 0 Å². The van der Waals surface area contributed by atoms with Crippen LogP contribution in [0, 0.1) is 5.82 Å². The maximum atomic E-state index is 13.8. The van der Waals surface area contributed by atoms with E-state index in [-0.39, 0.29) is 30.9 Å². The number of carboxylic acid groups (broad SMARTS) is 1. The van der Waals surface area contributed by atoms with Crippen molar-refractivity contribution >= 4 is 5.97 Å². The van der Waals surface area contributed by atoms with Crippen LogP contribution < -0.4 is 9.47 Å². The molecule has 1 N–H and O–H groups in total. The van der Waals surface area contributed by atoms with E-state index in [0.29, 0.717) is 41.0 Å². The molecule has 1 aliphatic carbocycles. The Kier molecular flexibility index (Phi) is 5.91. The summed E-state index contributed by atoms with van der Waals surface area (Å²) in [6, 6.07) is 13.4. The molecule has 0 radical (unpaired) electrons. The number of ether oxygens (including phenoxy) is 2. The summed E-state index contributed by atoms with van der Waals surface area (Å²) >= 11 is 0. The van der Waals surface area contributed by atoms with Gasteiger partial charge in [-0.05, 0) is 65.8 Å². The zero-order valence-corrected chi connectivity index (χ0v) is 18.6. The minimum absolute atomic E-state index is 0.0276. The number of carboxylic acids is 1. The average Bonchev–Trinajstić information content (AvgIpc) is 3.37. The zero-order chi connectivity index (χ0) is 24.7. The van der Waals surface area contributed by atoms with Gasteiger partial charge < -0.3 is 14.6 Å². The standard InChI is InChI=1S/C27H22F4O4/c28-17-3-1-2-15(10-17)11-22-20-7-9-24(21(20)6-8-23(22)27(29,30)31)35-18-4-5-19-16(12-26(32)33)14-34-25(19)13-18/h1-6,8,10,13,16,24H,7,9,11-12,14H2,(H,32,33)/t16-,24-/m1/s1. The van der Waals surface area contributed by atoms with Gasteiger partial charge >= 0.3 is 12.1 Å². The van der Waals surface area contributed by atoms with Gasteiger partial charge in [0.1, 0.15) is 23.4 Å². The maximum Gasteiger partial charge on any atom is 0.416 e. The fourth-order valence-electron chi connectivity index (χ4n) is 5.05. The Hall–Kier alpha value is -3.55. The lowest BCUT2D eigenvalue weighted by molar-refractivity contribution is -0.138. The molecule has 2 atom stereocenters. The third-order valence-electron chi connectivity index (χ3n) is 6.61. The molecule has 0 fully saturated rings. The number of benzene rings is 3. The van der Waals surface area contributed by atoms with Crippen LogP contribution >= 0.6 is 0 Å². The summed E-state index contributed by atoms with van der Waals surface area (Å²) in [6.07, 6.45) is -4.10. The third-order valence-corrected chi connectivity index (χ3v) is 6.61. The highest BCUT2D eigenvalue weighted by molar-refractivity contribution is 5.68. The first-order chi connectivity index (χ1) is 16.7. The Bertz CT molecular complexity index is 1280. The molecule has 0 saturated heterocycles. The summed E-state index contributed by atoms with van der Waals surface area (Å²) in [7, 11) is 0.